The summed E-state index contributed by atoms with van der Waals surface area (Å²) in [5, 5.41) is 21.2. The Labute approximate surface area is 277 Å². The van der Waals surface area contributed by atoms with Crippen molar-refractivity contribution < 1.29 is 19.4 Å². The quantitative estimate of drug-likeness (QED) is 0.217. The van der Waals surface area contributed by atoms with Crippen molar-refractivity contribution >= 4 is 5.91 Å². The van der Waals surface area contributed by atoms with Crippen LogP contribution >= 0.6 is 0 Å². The number of benzene rings is 2. The smallest absolute Gasteiger partial charge is 0.222 e. The van der Waals surface area contributed by atoms with Crippen LogP contribution in [0.5, 0.6) is 5.75 Å². The van der Waals surface area contributed by atoms with Crippen LogP contribution in [0.1, 0.15) is 126 Å². The number of halogens is 1. The van der Waals surface area contributed by atoms with Crippen molar-refractivity contribution in [3.63, 3.8) is 0 Å². The Kier molecular flexibility index (Phi) is 11.1. The fourth-order valence-electron chi connectivity index (χ4n) is 10.4. The second kappa shape index (κ2) is 15.2. The van der Waals surface area contributed by atoms with Crippen molar-refractivity contribution in [3.05, 3.63) is 65.2 Å². The van der Waals surface area contributed by atoms with Gasteiger partial charge in [0.25, 0.3) is 0 Å². The molecule has 2 aromatic rings. The summed E-state index contributed by atoms with van der Waals surface area (Å²) in [6.45, 7) is 3.79. The van der Waals surface area contributed by atoms with Crippen LogP contribution in [-0.4, -0.2) is 46.4 Å². The molecule has 0 heterocycles. The number of carbonyl (C=O) groups is 1. The molecule has 46 heavy (non-hydrogen) atoms. The van der Waals surface area contributed by atoms with E-state index in [2.05, 4.69) is 42.2 Å². The Balaban J connectivity index is 1.06. The largest absolute Gasteiger partial charge is 0.508 e. The number of alkyl halides is 1. The first-order valence-electron chi connectivity index (χ1n) is 18.8. The van der Waals surface area contributed by atoms with E-state index in [4.69, 9.17) is 0 Å². The van der Waals surface area contributed by atoms with Crippen LogP contribution in [0.2, 0.25) is 0 Å². The van der Waals surface area contributed by atoms with Gasteiger partial charge in [0.15, 0.2) is 0 Å². The summed E-state index contributed by atoms with van der Waals surface area (Å²) in [5.41, 5.74) is 3.20. The molecule has 3 fully saturated rings. The highest BCUT2D eigenvalue weighted by Crippen LogP contribution is 2.63. The highest BCUT2D eigenvalue weighted by Gasteiger charge is 2.59. The van der Waals surface area contributed by atoms with Crippen LogP contribution in [0.3, 0.4) is 0 Å². The van der Waals surface area contributed by atoms with Gasteiger partial charge in [-0.2, -0.15) is 0 Å². The second-order valence-corrected chi connectivity index (χ2v) is 15.7. The maximum Gasteiger partial charge on any atom is 0.222 e. The van der Waals surface area contributed by atoms with Gasteiger partial charge in [-0.1, -0.05) is 88.3 Å². The van der Waals surface area contributed by atoms with E-state index in [1.165, 1.54) is 37.7 Å². The first-order chi connectivity index (χ1) is 22.3. The molecule has 252 valence electrons. The molecule has 0 aliphatic heterocycles. The zero-order valence-electron chi connectivity index (χ0n) is 28.2. The first-order valence-corrected chi connectivity index (χ1v) is 18.8. The van der Waals surface area contributed by atoms with Gasteiger partial charge >= 0.3 is 0 Å². The number of aliphatic hydroxyl groups is 1. The van der Waals surface area contributed by atoms with E-state index in [-0.39, 0.29) is 23.0 Å². The Morgan fingerprint density at radius 3 is 2.52 bits per heavy atom. The first kappa shape index (κ1) is 33.5. The number of rotatable bonds is 13. The number of nitrogens with zero attached hydrogens (tertiary/aromatic N) is 1. The number of carbonyl (C=O) groups excluding carboxylic acids is 1. The average molecular weight is 632 g/mol. The van der Waals surface area contributed by atoms with E-state index >= 15 is 4.39 Å². The molecule has 3 saturated carbocycles. The standard InChI is InChI=1S/C41H58FNO3/c1-41-28-36(42)40-34-20-19-33(44)27-32(34)26-31(39(40)35(41)21-22-37(41)45)17-9-4-10-24-43(25-11-16-29-12-5-2-6-13-29)38(46)23-18-30-14-7-3-8-15-30/h2,5-6,12-13,19-20,27,30-31,35-37,39-40,44-45H,3-4,7-11,14-18,21-26,28H2,1H3/t31?,35?,36?,37?,39?,40?,41-/m0/s1. The van der Waals surface area contributed by atoms with Crippen LogP contribution in [0.15, 0.2) is 48.5 Å². The molecule has 2 N–H and O–H groups in total. The maximum atomic E-state index is 16.1. The van der Waals surface area contributed by atoms with Gasteiger partial charge in [-0.15, -0.1) is 0 Å². The maximum absolute atomic E-state index is 16.1. The minimum Gasteiger partial charge on any atom is -0.508 e. The number of phenolic OH excluding ortho intramolecular Hbond substituents is 1. The summed E-state index contributed by atoms with van der Waals surface area (Å²) in [7, 11) is 0. The third-order valence-electron chi connectivity index (χ3n) is 12.9. The summed E-state index contributed by atoms with van der Waals surface area (Å²) < 4.78 is 16.1. The monoisotopic (exact) mass is 631 g/mol. The van der Waals surface area contributed by atoms with Crippen molar-refractivity contribution in [1.82, 2.24) is 4.90 Å². The third kappa shape index (κ3) is 7.50. The van der Waals surface area contributed by atoms with Gasteiger partial charge in [0, 0.05) is 25.4 Å². The van der Waals surface area contributed by atoms with E-state index in [0.29, 0.717) is 30.6 Å². The molecule has 6 unspecified atom stereocenters. The highest BCUT2D eigenvalue weighted by atomic mass is 19.1. The van der Waals surface area contributed by atoms with Crippen LogP contribution < -0.4 is 0 Å². The van der Waals surface area contributed by atoms with Gasteiger partial charge in [0.2, 0.25) is 5.91 Å². The molecule has 0 aromatic heterocycles. The van der Waals surface area contributed by atoms with E-state index < -0.39 is 12.3 Å². The molecule has 4 aliphatic rings. The Bertz CT molecular complexity index is 1280. The molecular formula is C41H58FNO3. The van der Waals surface area contributed by atoms with Crippen molar-refractivity contribution in [1.29, 1.82) is 0 Å². The van der Waals surface area contributed by atoms with Crippen molar-refractivity contribution in [2.75, 3.05) is 13.1 Å². The predicted octanol–water partition coefficient (Wildman–Crippen LogP) is 9.17. The molecule has 1 amide bonds. The fraction of sp³-hybridized carbons (Fsp3) is 0.683. The molecule has 0 saturated heterocycles. The third-order valence-corrected chi connectivity index (χ3v) is 12.9. The number of hydrogen-bond donors (Lipinski definition) is 2. The van der Waals surface area contributed by atoms with Gasteiger partial charge in [-0.25, -0.2) is 4.39 Å². The Morgan fingerprint density at radius 2 is 1.72 bits per heavy atom. The average Bonchev–Trinajstić information content (AvgIpc) is 3.36. The van der Waals surface area contributed by atoms with Crippen LogP contribution in [0, 0.1) is 29.1 Å². The zero-order chi connectivity index (χ0) is 32.1. The van der Waals surface area contributed by atoms with Crippen LogP contribution in [0.25, 0.3) is 0 Å². The minimum absolute atomic E-state index is 0.139. The molecule has 0 spiro atoms. The molecule has 2 aromatic carbocycles. The van der Waals surface area contributed by atoms with Crippen LogP contribution in [0.4, 0.5) is 4.39 Å². The summed E-state index contributed by atoms with van der Waals surface area (Å²) in [5.74, 6) is 2.12. The van der Waals surface area contributed by atoms with Crippen molar-refractivity contribution in [2.45, 2.75) is 134 Å². The molecule has 4 nitrogen and oxygen atoms in total. The topological polar surface area (TPSA) is 60.8 Å². The van der Waals surface area contributed by atoms with Gasteiger partial charge in [-0.05, 0) is 116 Å². The SMILES string of the molecule is C[C@]12CC(F)C3c4ccc(O)cc4CC(CCCCCN(CCCc4ccccc4)C(=O)CCC4CCCCC4)C3C1CCC2O. The molecule has 4 aliphatic carbocycles. The number of aryl methyl sites for hydroxylation is 1. The number of aliphatic hydroxyl groups excluding tert-OH is 1. The lowest BCUT2D eigenvalue weighted by atomic mass is 9.51. The summed E-state index contributed by atoms with van der Waals surface area (Å²) in [6.07, 6.45) is 16.2. The number of aromatic hydroxyl groups is 1. The summed E-state index contributed by atoms with van der Waals surface area (Å²) >= 11 is 0. The van der Waals surface area contributed by atoms with Gasteiger partial charge < -0.3 is 15.1 Å². The minimum atomic E-state index is -0.964. The summed E-state index contributed by atoms with van der Waals surface area (Å²) in [6, 6.07) is 16.2. The number of phenols is 1. The number of amides is 1. The van der Waals surface area contributed by atoms with E-state index in [1.807, 2.05) is 12.1 Å². The summed E-state index contributed by atoms with van der Waals surface area (Å²) in [4.78, 5) is 15.6. The van der Waals surface area contributed by atoms with E-state index in [1.54, 1.807) is 6.07 Å². The number of unbranched alkanes of at least 4 members (excludes halogenated alkanes) is 2. The lowest BCUT2D eigenvalue weighted by Gasteiger charge is -2.54. The molecule has 7 atom stereocenters. The lowest BCUT2D eigenvalue weighted by Crippen LogP contribution is -2.51. The van der Waals surface area contributed by atoms with Gasteiger partial charge in [0.1, 0.15) is 11.9 Å². The van der Waals surface area contributed by atoms with Gasteiger partial charge in [-0.3, -0.25) is 4.79 Å². The zero-order valence-corrected chi connectivity index (χ0v) is 28.2. The van der Waals surface area contributed by atoms with Gasteiger partial charge in [0.05, 0.1) is 6.10 Å². The Morgan fingerprint density at radius 1 is 0.935 bits per heavy atom. The van der Waals surface area contributed by atoms with Crippen LogP contribution in [-0.2, 0) is 17.6 Å². The van der Waals surface area contributed by atoms with Crippen molar-refractivity contribution in [3.8, 4) is 5.75 Å². The molecular weight excluding hydrogens is 573 g/mol. The molecule has 0 bridgehead atoms. The van der Waals surface area contributed by atoms with E-state index in [0.717, 1.165) is 94.3 Å². The predicted molar refractivity (Wildman–Crippen MR) is 184 cm³/mol. The van der Waals surface area contributed by atoms with Crippen molar-refractivity contribution in [2.24, 2.45) is 29.1 Å². The number of hydrogen-bond acceptors (Lipinski definition) is 3. The highest BCUT2D eigenvalue weighted by molar-refractivity contribution is 5.76. The molecule has 6 rings (SSSR count). The molecule has 5 heteroatoms. The lowest BCUT2D eigenvalue weighted by molar-refractivity contribution is -0.131. The number of fused-ring (bicyclic) bond motifs is 5. The Hall–Kier alpha value is -2.40. The van der Waals surface area contributed by atoms with E-state index in [9.17, 15) is 15.0 Å². The second-order valence-electron chi connectivity index (χ2n) is 15.7. The fourth-order valence-corrected chi connectivity index (χ4v) is 10.4. The normalized spacial score (nSPS) is 30.8. The molecule has 0 radical (unpaired) electrons.